The van der Waals surface area contributed by atoms with Crippen molar-refractivity contribution in [3.63, 3.8) is 0 Å². The van der Waals surface area contributed by atoms with E-state index < -0.39 is 5.60 Å². The number of hydrogen-bond acceptors (Lipinski definition) is 6. The molecule has 0 radical (unpaired) electrons. The van der Waals surface area contributed by atoms with Crippen molar-refractivity contribution in [3.8, 4) is 5.75 Å². The lowest BCUT2D eigenvalue weighted by molar-refractivity contribution is -0.0294. The molecule has 6 heteroatoms. The fourth-order valence-corrected chi connectivity index (χ4v) is 4.15. The van der Waals surface area contributed by atoms with Crippen molar-refractivity contribution in [2.75, 3.05) is 38.2 Å². The van der Waals surface area contributed by atoms with Crippen LogP contribution < -0.4 is 9.64 Å². The summed E-state index contributed by atoms with van der Waals surface area (Å²) in [7, 11) is 1.66. The van der Waals surface area contributed by atoms with Gasteiger partial charge < -0.3 is 14.7 Å². The predicted octanol–water partition coefficient (Wildman–Crippen LogP) is 2.57. The third kappa shape index (κ3) is 3.92. The number of ether oxygens (including phenoxy) is 1. The lowest BCUT2D eigenvalue weighted by atomic mass is 9.84. The van der Waals surface area contributed by atoms with E-state index in [1.165, 1.54) is 12.8 Å². The highest BCUT2D eigenvalue weighted by Crippen LogP contribution is 2.38. The maximum Gasteiger partial charge on any atom is 0.225 e. The van der Waals surface area contributed by atoms with E-state index in [0.29, 0.717) is 12.8 Å². The van der Waals surface area contributed by atoms with E-state index in [1.54, 1.807) is 7.11 Å². The molecule has 0 bridgehead atoms. The van der Waals surface area contributed by atoms with Crippen molar-refractivity contribution in [2.24, 2.45) is 0 Å². The number of benzene rings is 1. The van der Waals surface area contributed by atoms with Gasteiger partial charge in [-0.3, -0.25) is 4.90 Å². The van der Waals surface area contributed by atoms with Crippen LogP contribution in [0.15, 0.2) is 36.5 Å². The van der Waals surface area contributed by atoms with Crippen LogP contribution in [0.4, 0.5) is 5.95 Å². The molecule has 0 saturated carbocycles. The van der Waals surface area contributed by atoms with Crippen molar-refractivity contribution in [1.29, 1.82) is 0 Å². The Balaban J connectivity index is 1.40. The third-order valence-corrected chi connectivity index (χ3v) is 5.77. The molecule has 144 valence electrons. The summed E-state index contributed by atoms with van der Waals surface area (Å²) in [5.41, 5.74) is 1.12. The Labute approximate surface area is 160 Å². The SMILES string of the molecule is COc1ccccc1C1(O)CCN(Cc2ccnc(N3CCCC3)n2)CC1. The highest BCUT2D eigenvalue weighted by molar-refractivity contribution is 5.38. The molecule has 6 nitrogen and oxygen atoms in total. The summed E-state index contributed by atoms with van der Waals surface area (Å²) in [5, 5.41) is 11.2. The van der Waals surface area contributed by atoms with E-state index >= 15 is 0 Å². The summed E-state index contributed by atoms with van der Waals surface area (Å²) in [4.78, 5) is 13.8. The zero-order chi connectivity index (χ0) is 18.7. The topological polar surface area (TPSA) is 61.7 Å². The smallest absolute Gasteiger partial charge is 0.225 e. The Morgan fingerprint density at radius 1 is 1.07 bits per heavy atom. The van der Waals surface area contributed by atoms with Crippen LogP contribution in [0.5, 0.6) is 5.75 Å². The van der Waals surface area contributed by atoms with E-state index in [2.05, 4.69) is 14.8 Å². The van der Waals surface area contributed by atoms with Gasteiger partial charge in [-0.15, -0.1) is 0 Å². The minimum atomic E-state index is -0.824. The first kappa shape index (κ1) is 18.2. The largest absolute Gasteiger partial charge is 0.496 e. The Bertz CT molecular complexity index is 768. The second-order valence-corrected chi connectivity index (χ2v) is 7.55. The number of para-hydroxylation sites is 1. The highest BCUT2D eigenvalue weighted by Gasteiger charge is 2.36. The van der Waals surface area contributed by atoms with Crippen molar-refractivity contribution < 1.29 is 9.84 Å². The van der Waals surface area contributed by atoms with Gasteiger partial charge in [0.05, 0.1) is 18.4 Å². The van der Waals surface area contributed by atoms with Gasteiger partial charge in [0.1, 0.15) is 5.75 Å². The van der Waals surface area contributed by atoms with Crippen molar-refractivity contribution in [2.45, 2.75) is 37.8 Å². The number of piperidine rings is 1. The normalized spacial score (nSPS) is 20.0. The van der Waals surface area contributed by atoms with Crippen LogP contribution in [0, 0.1) is 0 Å². The van der Waals surface area contributed by atoms with Crippen molar-refractivity contribution >= 4 is 5.95 Å². The molecule has 2 aliphatic rings. The highest BCUT2D eigenvalue weighted by atomic mass is 16.5. The molecular weight excluding hydrogens is 340 g/mol. The van der Waals surface area contributed by atoms with Crippen LogP contribution in [0.2, 0.25) is 0 Å². The molecule has 0 spiro atoms. The molecule has 3 heterocycles. The second-order valence-electron chi connectivity index (χ2n) is 7.55. The number of anilines is 1. The minimum absolute atomic E-state index is 0.692. The average Bonchev–Trinajstić information content (AvgIpc) is 3.25. The van der Waals surface area contributed by atoms with Crippen LogP contribution in [0.25, 0.3) is 0 Å². The molecule has 2 aromatic rings. The number of aliphatic hydroxyl groups is 1. The van der Waals surface area contributed by atoms with Gasteiger partial charge in [-0.05, 0) is 37.8 Å². The lowest BCUT2D eigenvalue weighted by Gasteiger charge is -2.39. The average molecular weight is 368 g/mol. The quantitative estimate of drug-likeness (QED) is 0.875. The molecule has 0 atom stereocenters. The van der Waals surface area contributed by atoms with Gasteiger partial charge in [0.25, 0.3) is 0 Å². The summed E-state index contributed by atoms with van der Waals surface area (Å²) in [6, 6.07) is 9.79. The molecule has 4 rings (SSSR count). The second kappa shape index (κ2) is 7.82. The summed E-state index contributed by atoms with van der Waals surface area (Å²) in [5.74, 6) is 1.62. The summed E-state index contributed by atoms with van der Waals surface area (Å²) < 4.78 is 5.45. The van der Waals surface area contributed by atoms with E-state index in [9.17, 15) is 5.11 Å². The van der Waals surface area contributed by atoms with Crippen LogP contribution in [0.3, 0.4) is 0 Å². The molecule has 0 aliphatic carbocycles. The molecule has 0 unspecified atom stereocenters. The molecule has 1 aromatic carbocycles. The van der Waals surface area contributed by atoms with E-state index in [0.717, 1.165) is 55.7 Å². The van der Waals surface area contributed by atoms with Gasteiger partial charge in [0, 0.05) is 44.5 Å². The Hall–Kier alpha value is -2.18. The van der Waals surface area contributed by atoms with Gasteiger partial charge in [0.15, 0.2) is 0 Å². The molecule has 1 N–H and O–H groups in total. The van der Waals surface area contributed by atoms with Gasteiger partial charge in [-0.2, -0.15) is 0 Å². The molecule has 2 fully saturated rings. The molecule has 0 amide bonds. The first-order valence-corrected chi connectivity index (χ1v) is 9.83. The fourth-order valence-electron chi connectivity index (χ4n) is 4.15. The number of hydrogen-bond donors (Lipinski definition) is 1. The number of nitrogens with zero attached hydrogens (tertiary/aromatic N) is 4. The van der Waals surface area contributed by atoms with Gasteiger partial charge >= 0.3 is 0 Å². The number of methoxy groups -OCH3 is 1. The van der Waals surface area contributed by atoms with E-state index in [-0.39, 0.29) is 0 Å². The van der Waals surface area contributed by atoms with E-state index in [4.69, 9.17) is 9.72 Å². The predicted molar refractivity (Wildman–Crippen MR) is 105 cm³/mol. The van der Waals surface area contributed by atoms with Crippen LogP contribution in [-0.4, -0.2) is 53.3 Å². The zero-order valence-corrected chi connectivity index (χ0v) is 16.0. The molecule has 2 aliphatic heterocycles. The van der Waals surface area contributed by atoms with Crippen molar-refractivity contribution in [1.82, 2.24) is 14.9 Å². The maximum absolute atomic E-state index is 11.2. The standard InChI is InChI=1S/C21H28N4O2/c1-27-19-7-3-2-6-18(19)21(26)9-14-24(15-10-21)16-17-8-11-22-20(23-17)25-12-4-5-13-25/h2-3,6-8,11,26H,4-5,9-10,12-16H2,1H3. The third-order valence-electron chi connectivity index (χ3n) is 5.77. The number of likely N-dealkylation sites (tertiary alicyclic amines) is 1. The molecule has 1 aromatic heterocycles. The Kier molecular flexibility index (Phi) is 5.27. The minimum Gasteiger partial charge on any atom is -0.496 e. The fraction of sp³-hybridized carbons (Fsp3) is 0.524. The van der Waals surface area contributed by atoms with Crippen LogP contribution >= 0.6 is 0 Å². The molecule has 2 saturated heterocycles. The van der Waals surface area contributed by atoms with E-state index in [1.807, 2.05) is 36.5 Å². The van der Waals surface area contributed by atoms with Crippen LogP contribution in [0.1, 0.15) is 36.9 Å². The first-order chi connectivity index (χ1) is 13.2. The Morgan fingerprint density at radius 2 is 1.81 bits per heavy atom. The summed E-state index contributed by atoms with van der Waals surface area (Å²) in [6.45, 7) is 4.57. The first-order valence-electron chi connectivity index (χ1n) is 9.83. The molecule has 27 heavy (non-hydrogen) atoms. The summed E-state index contributed by atoms with van der Waals surface area (Å²) in [6.07, 6.45) is 5.70. The van der Waals surface area contributed by atoms with Gasteiger partial charge in [0.2, 0.25) is 5.95 Å². The zero-order valence-electron chi connectivity index (χ0n) is 16.0. The van der Waals surface area contributed by atoms with Crippen LogP contribution in [-0.2, 0) is 12.1 Å². The molecular formula is C21H28N4O2. The van der Waals surface area contributed by atoms with Gasteiger partial charge in [-0.25, -0.2) is 9.97 Å². The summed E-state index contributed by atoms with van der Waals surface area (Å²) >= 11 is 0. The number of rotatable bonds is 5. The Morgan fingerprint density at radius 3 is 2.56 bits per heavy atom. The monoisotopic (exact) mass is 368 g/mol. The van der Waals surface area contributed by atoms with Crippen molar-refractivity contribution in [3.05, 3.63) is 47.8 Å². The number of aromatic nitrogens is 2. The lowest BCUT2D eigenvalue weighted by Crippen LogP contribution is -2.42. The maximum atomic E-state index is 11.2. The van der Waals surface area contributed by atoms with Gasteiger partial charge in [-0.1, -0.05) is 18.2 Å².